The molecule has 0 bridgehead atoms. The molecule has 0 aliphatic rings. The van der Waals surface area contributed by atoms with Crippen LogP contribution in [0.3, 0.4) is 0 Å². The fourth-order valence-electron chi connectivity index (χ4n) is 2.22. The largest absolute Gasteiger partial charge is 0.282 e. The lowest BCUT2D eigenvalue weighted by molar-refractivity contribution is 0.989. The molecule has 0 unspecified atom stereocenters. The third-order valence-corrected chi connectivity index (χ3v) is 3.19. The molecule has 4 nitrogen and oxygen atoms in total. The van der Waals surface area contributed by atoms with E-state index in [2.05, 4.69) is 16.0 Å². The molecule has 1 aromatic carbocycles. The highest BCUT2D eigenvalue weighted by molar-refractivity contribution is 5.77. The van der Waals surface area contributed by atoms with Crippen molar-refractivity contribution < 1.29 is 0 Å². The highest BCUT2D eigenvalue weighted by atomic mass is 15.1. The number of rotatable bonds is 2. The van der Waals surface area contributed by atoms with Crippen LogP contribution in [-0.2, 0) is 6.42 Å². The van der Waals surface area contributed by atoms with Crippen molar-refractivity contribution in [3.63, 3.8) is 0 Å². The Bertz CT molecular complexity index is 780. The number of aryl methyl sites for hydroxylation is 1. The van der Waals surface area contributed by atoms with Crippen LogP contribution >= 0.6 is 0 Å². The predicted octanol–water partition coefficient (Wildman–Crippen LogP) is 2.85. The van der Waals surface area contributed by atoms with Crippen LogP contribution in [-0.4, -0.2) is 14.5 Å². The van der Waals surface area contributed by atoms with E-state index in [9.17, 15) is 5.26 Å². The van der Waals surface area contributed by atoms with E-state index in [1.807, 2.05) is 41.8 Å². The lowest BCUT2D eigenvalue weighted by Gasteiger charge is -2.08. The first-order chi connectivity index (χ1) is 9.35. The zero-order valence-electron chi connectivity index (χ0n) is 10.5. The molecular formula is C15H12N4. The van der Waals surface area contributed by atoms with E-state index >= 15 is 0 Å². The summed E-state index contributed by atoms with van der Waals surface area (Å²) in [4.78, 5) is 8.69. The van der Waals surface area contributed by atoms with Crippen molar-refractivity contribution in [2.45, 2.75) is 13.3 Å². The number of nitriles is 1. The Labute approximate surface area is 111 Å². The van der Waals surface area contributed by atoms with Gasteiger partial charge in [-0.25, -0.2) is 9.97 Å². The van der Waals surface area contributed by atoms with Crippen LogP contribution in [0.2, 0.25) is 0 Å². The number of para-hydroxylation sites is 2. The van der Waals surface area contributed by atoms with Crippen LogP contribution in [0.5, 0.6) is 0 Å². The summed E-state index contributed by atoms with van der Waals surface area (Å²) in [5, 5.41) is 9.38. The van der Waals surface area contributed by atoms with Gasteiger partial charge in [-0.3, -0.25) is 4.57 Å². The summed E-state index contributed by atoms with van der Waals surface area (Å²) in [5.41, 5.74) is 3.48. The highest BCUT2D eigenvalue weighted by Gasteiger charge is 2.12. The van der Waals surface area contributed by atoms with E-state index in [0.717, 1.165) is 23.0 Å². The Morgan fingerprint density at radius 2 is 2.05 bits per heavy atom. The number of benzene rings is 1. The maximum absolute atomic E-state index is 9.38. The van der Waals surface area contributed by atoms with Gasteiger partial charge in [-0.2, -0.15) is 5.26 Å². The lowest BCUT2D eigenvalue weighted by atomic mass is 10.1. The zero-order valence-corrected chi connectivity index (χ0v) is 10.5. The standard InChI is InChI=1S/C15H12N4/c1-2-11-7-8-17-15(12(11)9-16)19-10-18-13-5-3-4-6-14(13)19/h3-8,10H,2H2,1H3. The van der Waals surface area contributed by atoms with Gasteiger partial charge in [0.2, 0.25) is 0 Å². The second-order valence-corrected chi connectivity index (χ2v) is 4.24. The first kappa shape index (κ1) is 11.4. The third-order valence-electron chi connectivity index (χ3n) is 3.19. The van der Waals surface area contributed by atoms with E-state index < -0.39 is 0 Å². The Balaban J connectivity index is 2.31. The van der Waals surface area contributed by atoms with Crippen molar-refractivity contribution >= 4 is 11.0 Å². The smallest absolute Gasteiger partial charge is 0.156 e. The number of hydrogen-bond acceptors (Lipinski definition) is 3. The Morgan fingerprint density at radius 1 is 1.21 bits per heavy atom. The molecule has 0 radical (unpaired) electrons. The SMILES string of the molecule is CCc1ccnc(-n2cnc3ccccc32)c1C#N. The molecule has 0 atom stereocenters. The van der Waals surface area contributed by atoms with Crippen LogP contribution in [0.4, 0.5) is 0 Å². The van der Waals surface area contributed by atoms with Crippen molar-refractivity contribution in [2.24, 2.45) is 0 Å². The van der Waals surface area contributed by atoms with E-state index in [0.29, 0.717) is 11.4 Å². The van der Waals surface area contributed by atoms with Gasteiger partial charge in [-0.1, -0.05) is 19.1 Å². The van der Waals surface area contributed by atoms with Gasteiger partial charge in [0.05, 0.1) is 16.6 Å². The maximum Gasteiger partial charge on any atom is 0.156 e. The molecule has 0 aliphatic carbocycles. The van der Waals surface area contributed by atoms with Crippen LogP contribution in [0.1, 0.15) is 18.1 Å². The van der Waals surface area contributed by atoms with E-state index in [4.69, 9.17) is 0 Å². The van der Waals surface area contributed by atoms with Crippen molar-refractivity contribution in [2.75, 3.05) is 0 Å². The average molecular weight is 248 g/mol. The van der Waals surface area contributed by atoms with Crippen LogP contribution in [0, 0.1) is 11.3 Å². The van der Waals surface area contributed by atoms with Gasteiger partial charge < -0.3 is 0 Å². The summed E-state index contributed by atoms with van der Waals surface area (Å²) >= 11 is 0. The Morgan fingerprint density at radius 3 is 2.84 bits per heavy atom. The van der Waals surface area contributed by atoms with Gasteiger partial charge in [0.25, 0.3) is 0 Å². The Hall–Kier alpha value is -2.67. The van der Waals surface area contributed by atoms with Gasteiger partial charge in [0.1, 0.15) is 12.4 Å². The first-order valence-electron chi connectivity index (χ1n) is 6.15. The third kappa shape index (κ3) is 1.76. The minimum atomic E-state index is 0.619. The normalized spacial score (nSPS) is 10.5. The fraction of sp³-hybridized carbons (Fsp3) is 0.133. The van der Waals surface area contributed by atoms with Crippen LogP contribution < -0.4 is 0 Å². The second kappa shape index (κ2) is 4.54. The molecule has 0 N–H and O–H groups in total. The first-order valence-corrected chi connectivity index (χ1v) is 6.15. The lowest BCUT2D eigenvalue weighted by Crippen LogP contribution is -2.02. The zero-order chi connectivity index (χ0) is 13.2. The van der Waals surface area contributed by atoms with E-state index in [-0.39, 0.29) is 0 Å². The molecule has 0 fully saturated rings. The number of fused-ring (bicyclic) bond motifs is 1. The molecule has 3 aromatic rings. The van der Waals surface area contributed by atoms with Gasteiger partial charge in [0.15, 0.2) is 5.82 Å². The van der Waals surface area contributed by atoms with E-state index in [1.54, 1.807) is 12.5 Å². The summed E-state index contributed by atoms with van der Waals surface area (Å²) in [6, 6.07) is 12.0. The van der Waals surface area contributed by atoms with Crippen molar-refractivity contribution in [1.29, 1.82) is 5.26 Å². The maximum atomic E-state index is 9.38. The molecule has 92 valence electrons. The molecule has 0 amide bonds. The number of imidazole rings is 1. The van der Waals surface area contributed by atoms with Gasteiger partial charge in [-0.05, 0) is 30.2 Å². The summed E-state index contributed by atoms with van der Waals surface area (Å²) in [6.45, 7) is 2.03. The molecule has 3 rings (SSSR count). The molecule has 0 aliphatic heterocycles. The number of hydrogen-bond donors (Lipinski definition) is 0. The van der Waals surface area contributed by atoms with Gasteiger partial charge in [-0.15, -0.1) is 0 Å². The van der Waals surface area contributed by atoms with Gasteiger partial charge in [0, 0.05) is 6.20 Å². The molecule has 0 spiro atoms. The van der Waals surface area contributed by atoms with Crippen molar-refractivity contribution in [1.82, 2.24) is 14.5 Å². The van der Waals surface area contributed by atoms with Crippen LogP contribution in [0.15, 0.2) is 42.9 Å². The predicted molar refractivity (Wildman–Crippen MR) is 73.0 cm³/mol. The topological polar surface area (TPSA) is 54.5 Å². The second-order valence-electron chi connectivity index (χ2n) is 4.24. The molecular weight excluding hydrogens is 236 g/mol. The molecule has 4 heteroatoms. The average Bonchev–Trinajstić information content (AvgIpc) is 2.90. The van der Waals surface area contributed by atoms with E-state index in [1.165, 1.54) is 0 Å². The van der Waals surface area contributed by atoms with Crippen molar-refractivity contribution in [3.05, 3.63) is 54.0 Å². The number of pyridine rings is 1. The molecule has 0 saturated heterocycles. The number of aromatic nitrogens is 3. The summed E-state index contributed by atoms with van der Waals surface area (Å²) in [6.07, 6.45) is 4.27. The molecule has 0 saturated carbocycles. The van der Waals surface area contributed by atoms with Crippen LogP contribution in [0.25, 0.3) is 16.9 Å². The highest BCUT2D eigenvalue weighted by Crippen LogP contribution is 2.21. The summed E-state index contributed by atoms with van der Waals surface area (Å²) in [5.74, 6) is 0.649. The molecule has 2 heterocycles. The van der Waals surface area contributed by atoms with Gasteiger partial charge >= 0.3 is 0 Å². The van der Waals surface area contributed by atoms with Crippen molar-refractivity contribution in [3.8, 4) is 11.9 Å². The minimum Gasteiger partial charge on any atom is -0.282 e. The monoisotopic (exact) mass is 248 g/mol. The summed E-state index contributed by atoms with van der Waals surface area (Å²) in [7, 11) is 0. The minimum absolute atomic E-state index is 0.619. The Kier molecular flexibility index (Phi) is 2.73. The molecule has 2 aromatic heterocycles. The fourth-order valence-corrected chi connectivity index (χ4v) is 2.22. The molecule has 19 heavy (non-hydrogen) atoms. The summed E-state index contributed by atoms with van der Waals surface area (Å²) < 4.78 is 1.87. The number of nitrogens with zero attached hydrogens (tertiary/aromatic N) is 4. The quantitative estimate of drug-likeness (QED) is 0.700.